The van der Waals surface area contributed by atoms with Crippen molar-refractivity contribution in [2.24, 2.45) is 11.5 Å². The normalized spacial score (nSPS) is 18.8. The minimum absolute atomic E-state index is 0.186. The maximum Gasteiger partial charge on any atom is 0.338 e. The number of nitrogens with one attached hydrogen (secondary N) is 1. The molecule has 3 unspecified atom stereocenters. The molecule has 1 saturated heterocycles. The molecule has 8 heteroatoms. The third-order valence-electron chi connectivity index (χ3n) is 4.73. The van der Waals surface area contributed by atoms with E-state index >= 15 is 0 Å². The Morgan fingerprint density at radius 3 is 2.38 bits per heavy atom. The molecule has 1 aliphatic rings. The van der Waals surface area contributed by atoms with Crippen molar-refractivity contribution in [3.8, 4) is 0 Å². The molecule has 29 heavy (non-hydrogen) atoms. The molecule has 0 radical (unpaired) electrons. The lowest BCUT2D eigenvalue weighted by atomic mass is 10.0. The van der Waals surface area contributed by atoms with Gasteiger partial charge in [0, 0.05) is 13.1 Å². The first-order valence-corrected chi connectivity index (χ1v) is 9.93. The van der Waals surface area contributed by atoms with Crippen LogP contribution in [0.1, 0.15) is 62.5 Å². The maximum atomic E-state index is 12.8. The maximum absolute atomic E-state index is 12.8. The number of hydrogen-bond acceptors (Lipinski definition) is 6. The van der Waals surface area contributed by atoms with E-state index in [9.17, 15) is 14.4 Å². The van der Waals surface area contributed by atoms with Gasteiger partial charge in [-0.15, -0.1) is 0 Å². The number of ether oxygens (including phenoxy) is 1. The van der Waals surface area contributed by atoms with Gasteiger partial charge in [0.25, 0.3) is 0 Å². The van der Waals surface area contributed by atoms with Gasteiger partial charge in [-0.1, -0.05) is 12.1 Å². The van der Waals surface area contributed by atoms with Gasteiger partial charge in [0.2, 0.25) is 11.8 Å². The molecule has 1 aromatic carbocycles. The molecule has 0 bridgehead atoms. The molecule has 1 aliphatic heterocycles. The first kappa shape index (κ1) is 22.8. The molecule has 1 aromatic rings. The van der Waals surface area contributed by atoms with Crippen molar-refractivity contribution >= 4 is 17.8 Å². The number of nitrogens with zero attached hydrogens (tertiary/aromatic N) is 1. The number of esters is 1. The van der Waals surface area contributed by atoms with E-state index < -0.39 is 29.7 Å². The number of carbonyl (C=O) groups excluding carboxylic acids is 3. The molecule has 2 amide bonds. The highest BCUT2D eigenvalue weighted by atomic mass is 16.6. The second kappa shape index (κ2) is 9.37. The lowest BCUT2D eigenvalue weighted by Crippen LogP contribution is -2.51. The van der Waals surface area contributed by atoms with E-state index in [0.29, 0.717) is 18.5 Å². The second-order valence-corrected chi connectivity index (χ2v) is 8.40. The molecule has 3 atom stereocenters. The molecular formula is C21H32N4O4. The summed E-state index contributed by atoms with van der Waals surface area (Å²) in [4.78, 5) is 38.7. The number of amides is 2. The Morgan fingerprint density at radius 1 is 1.24 bits per heavy atom. The molecule has 1 heterocycles. The smallest absolute Gasteiger partial charge is 0.338 e. The number of carbonyl (C=O) groups is 3. The van der Waals surface area contributed by atoms with Crippen LogP contribution in [0.4, 0.5) is 0 Å². The van der Waals surface area contributed by atoms with Crippen LogP contribution in [0.25, 0.3) is 0 Å². The van der Waals surface area contributed by atoms with Gasteiger partial charge in [-0.2, -0.15) is 0 Å². The quantitative estimate of drug-likeness (QED) is 0.609. The van der Waals surface area contributed by atoms with E-state index in [1.807, 2.05) is 20.8 Å². The van der Waals surface area contributed by atoms with Crippen LogP contribution in [0, 0.1) is 0 Å². The van der Waals surface area contributed by atoms with Crippen LogP contribution in [0.3, 0.4) is 0 Å². The van der Waals surface area contributed by atoms with Crippen molar-refractivity contribution in [3.05, 3.63) is 35.4 Å². The Kier molecular flexibility index (Phi) is 7.37. The molecule has 0 aromatic heterocycles. The van der Waals surface area contributed by atoms with Crippen molar-refractivity contribution in [1.29, 1.82) is 0 Å². The minimum Gasteiger partial charge on any atom is -0.456 e. The highest BCUT2D eigenvalue weighted by Crippen LogP contribution is 2.21. The predicted octanol–water partition coefficient (Wildman–Crippen LogP) is 1.10. The zero-order valence-corrected chi connectivity index (χ0v) is 17.6. The number of nitrogens with two attached hydrogens (primary N) is 2. The van der Waals surface area contributed by atoms with Gasteiger partial charge < -0.3 is 26.4 Å². The molecule has 8 nitrogen and oxygen atoms in total. The third-order valence-corrected chi connectivity index (χ3v) is 4.73. The summed E-state index contributed by atoms with van der Waals surface area (Å²) in [5.41, 5.74) is 12.2. The number of likely N-dealkylation sites (tertiary alicyclic amines) is 1. The SMILES string of the molecule is CC(N)C(=O)N1CCCC1C(=O)NC(CN)c1ccc(C(=O)OC(C)(C)C)cc1. The number of benzene rings is 1. The van der Waals surface area contributed by atoms with Crippen LogP contribution in [-0.4, -0.2) is 53.5 Å². The topological polar surface area (TPSA) is 128 Å². The fourth-order valence-electron chi connectivity index (χ4n) is 3.30. The molecule has 0 spiro atoms. The van der Waals surface area contributed by atoms with Gasteiger partial charge in [0.15, 0.2) is 0 Å². The lowest BCUT2D eigenvalue weighted by molar-refractivity contribution is -0.139. The van der Waals surface area contributed by atoms with E-state index in [1.54, 1.807) is 36.1 Å². The van der Waals surface area contributed by atoms with Gasteiger partial charge in [-0.3, -0.25) is 9.59 Å². The summed E-state index contributed by atoms with van der Waals surface area (Å²) in [7, 11) is 0. The van der Waals surface area contributed by atoms with Crippen molar-refractivity contribution in [2.75, 3.05) is 13.1 Å². The van der Waals surface area contributed by atoms with Crippen LogP contribution in [-0.2, 0) is 14.3 Å². The Hall–Kier alpha value is -2.45. The summed E-state index contributed by atoms with van der Waals surface area (Å²) in [6.45, 7) is 7.75. The molecule has 0 aliphatic carbocycles. The Morgan fingerprint density at radius 2 is 1.86 bits per heavy atom. The van der Waals surface area contributed by atoms with E-state index in [4.69, 9.17) is 16.2 Å². The van der Waals surface area contributed by atoms with Gasteiger partial charge in [0.1, 0.15) is 11.6 Å². The monoisotopic (exact) mass is 404 g/mol. The largest absolute Gasteiger partial charge is 0.456 e. The summed E-state index contributed by atoms with van der Waals surface area (Å²) >= 11 is 0. The predicted molar refractivity (Wildman–Crippen MR) is 110 cm³/mol. The van der Waals surface area contributed by atoms with Gasteiger partial charge in [-0.25, -0.2) is 4.79 Å². The summed E-state index contributed by atoms with van der Waals surface area (Å²) < 4.78 is 5.35. The Bertz CT molecular complexity index is 740. The van der Waals surface area contributed by atoms with E-state index in [-0.39, 0.29) is 18.4 Å². The second-order valence-electron chi connectivity index (χ2n) is 8.40. The zero-order chi connectivity index (χ0) is 21.8. The zero-order valence-electron chi connectivity index (χ0n) is 17.6. The molecule has 1 fully saturated rings. The highest BCUT2D eigenvalue weighted by Gasteiger charge is 2.35. The summed E-state index contributed by atoms with van der Waals surface area (Å²) in [5.74, 6) is -0.884. The average Bonchev–Trinajstić information content (AvgIpc) is 3.13. The fourth-order valence-corrected chi connectivity index (χ4v) is 3.30. The van der Waals surface area contributed by atoms with Gasteiger partial charge in [0.05, 0.1) is 17.6 Å². The molecule has 160 valence electrons. The van der Waals surface area contributed by atoms with Crippen LogP contribution < -0.4 is 16.8 Å². The number of rotatable bonds is 6. The summed E-state index contributed by atoms with van der Waals surface area (Å²) in [5, 5.41) is 2.92. The molecule has 5 N–H and O–H groups in total. The van der Waals surface area contributed by atoms with E-state index in [0.717, 1.165) is 12.0 Å². The average molecular weight is 405 g/mol. The summed E-state index contributed by atoms with van der Waals surface area (Å²) in [6.07, 6.45) is 1.35. The first-order chi connectivity index (χ1) is 13.5. The van der Waals surface area contributed by atoms with Crippen molar-refractivity contribution in [1.82, 2.24) is 10.2 Å². The van der Waals surface area contributed by atoms with Gasteiger partial charge >= 0.3 is 5.97 Å². The van der Waals surface area contributed by atoms with Crippen LogP contribution in [0.2, 0.25) is 0 Å². The lowest BCUT2D eigenvalue weighted by Gasteiger charge is -2.27. The Labute approximate surface area is 171 Å². The third kappa shape index (κ3) is 6.01. The van der Waals surface area contributed by atoms with Crippen LogP contribution in [0.15, 0.2) is 24.3 Å². The molecular weight excluding hydrogens is 372 g/mol. The fraction of sp³-hybridized carbons (Fsp3) is 0.571. The van der Waals surface area contributed by atoms with Crippen molar-refractivity contribution in [2.45, 2.75) is 64.3 Å². The molecule has 0 saturated carbocycles. The first-order valence-electron chi connectivity index (χ1n) is 9.93. The van der Waals surface area contributed by atoms with Crippen LogP contribution in [0.5, 0.6) is 0 Å². The minimum atomic E-state index is -0.644. The highest BCUT2D eigenvalue weighted by molar-refractivity contribution is 5.91. The van der Waals surface area contributed by atoms with E-state index in [1.165, 1.54) is 0 Å². The molecule has 2 rings (SSSR count). The Balaban J connectivity index is 2.06. The van der Waals surface area contributed by atoms with Crippen molar-refractivity contribution < 1.29 is 19.1 Å². The van der Waals surface area contributed by atoms with Crippen LogP contribution >= 0.6 is 0 Å². The van der Waals surface area contributed by atoms with Gasteiger partial charge in [-0.05, 0) is 58.2 Å². The number of hydrogen-bond donors (Lipinski definition) is 3. The summed E-state index contributed by atoms with van der Waals surface area (Å²) in [6, 6.07) is 5.19. The van der Waals surface area contributed by atoms with Crippen molar-refractivity contribution in [3.63, 3.8) is 0 Å². The standard InChI is InChI=1S/C21H32N4O4/c1-13(23)19(27)25-11-5-6-17(25)18(26)24-16(12-22)14-7-9-15(10-8-14)20(28)29-21(2,3)4/h7-10,13,16-17H,5-6,11-12,22-23H2,1-4H3,(H,24,26). The van der Waals surface area contributed by atoms with E-state index in [2.05, 4.69) is 5.32 Å².